The molecule has 0 heterocycles. The SMILES string of the molecule is CO[SiH](C1CCCC1)C1CCCC1. The van der Waals surface area contributed by atoms with Crippen molar-refractivity contribution in [2.75, 3.05) is 7.11 Å². The minimum absolute atomic E-state index is 0.818. The van der Waals surface area contributed by atoms with Crippen LogP contribution >= 0.6 is 0 Å². The monoisotopic (exact) mass is 198 g/mol. The molecule has 0 aromatic rings. The van der Waals surface area contributed by atoms with Crippen LogP contribution in [0.25, 0.3) is 0 Å². The lowest BCUT2D eigenvalue weighted by Crippen LogP contribution is -2.27. The first-order valence-electron chi connectivity index (χ1n) is 5.94. The molecule has 0 saturated heterocycles. The summed E-state index contributed by atoms with van der Waals surface area (Å²) in [6.45, 7) is 0. The third kappa shape index (κ3) is 2.16. The van der Waals surface area contributed by atoms with E-state index in [0.717, 1.165) is 11.1 Å². The summed E-state index contributed by atoms with van der Waals surface area (Å²) in [4.78, 5) is 0. The van der Waals surface area contributed by atoms with Gasteiger partial charge in [-0.1, -0.05) is 51.4 Å². The number of hydrogen-bond donors (Lipinski definition) is 0. The van der Waals surface area contributed by atoms with Gasteiger partial charge in [0.25, 0.3) is 0 Å². The molecule has 0 aromatic heterocycles. The van der Waals surface area contributed by atoms with Crippen molar-refractivity contribution in [3.63, 3.8) is 0 Å². The molecule has 0 aromatic carbocycles. The molecule has 0 aliphatic heterocycles. The molecule has 0 bridgehead atoms. The lowest BCUT2D eigenvalue weighted by molar-refractivity contribution is 0.390. The van der Waals surface area contributed by atoms with Crippen molar-refractivity contribution >= 4 is 9.04 Å². The lowest BCUT2D eigenvalue weighted by Gasteiger charge is -2.25. The van der Waals surface area contributed by atoms with E-state index in [0.29, 0.717) is 0 Å². The smallest absolute Gasteiger partial charge is 0.182 e. The van der Waals surface area contributed by atoms with Crippen LogP contribution in [-0.2, 0) is 4.43 Å². The highest BCUT2D eigenvalue weighted by Crippen LogP contribution is 2.43. The third-order valence-electron chi connectivity index (χ3n) is 4.00. The second-order valence-corrected chi connectivity index (χ2v) is 8.08. The molecule has 2 aliphatic carbocycles. The first kappa shape index (κ1) is 9.72. The maximum absolute atomic E-state index is 5.86. The Morgan fingerprint density at radius 1 is 0.846 bits per heavy atom. The summed E-state index contributed by atoms with van der Waals surface area (Å²) in [6, 6.07) is 0. The van der Waals surface area contributed by atoms with Gasteiger partial charge >= 0.3 is 0 Å². The average molecular weight is 198 g/mol. The minimum atomic E-state index is -0.818. The van der Waals surface area contributed by atoms with E-state index in [9.17, 15) is 0 Å². The molecule has 0 radical (unpaired) electrons. The number of hydrogen-bond acceptors (Lipinski definition) is 1. The molecule has 2 rings (SSSR count). The van der Waals surface area contributed by atoms with Gasteiger partial charge in [0.05, 0.1) is 0 Å². The van der Waals surface area contributed by atoms with Crippen LogP contribution in [0.5, 0.6) is 0 Å². The van der Waals surface area contributed by atoms with E-state index < -0.39 is 9.04 Å². The highest BCUT2D eigenvalue weighted by Gasteiger charge is 2.34. The van der Waals surface area contributed by atoms with Crippen LogP contribution in [0.3, 0.4) is 0 Å². The summed E-state index contributed by atoms with van der Waals surface area (Å²) < 4.78 is 5.86. The Kier molecular flexibility index (Phi) is 3.44. The van der Waals surface area contributed by atoms with Crippen molar-refractivity contribution in [2.45, 2.75) is 62.4 Å². The predicted octanol–water partition coefficient (Wildman–Crippen LogP) is 3.25. The fourth-order valence-corrected chi connectivity index (χ4v) is 7.14. The van der Waals surface area contributed by atoms with Crippen molar-refractivity contribution in [2.24, 2.45) is 0 Å². The molecule has 2 fully saturated rings. The Balaban J connectivity index is 1.90. The highest BCUT2D eigenvalue weighted by molar-refractivity contribution is 6.55. The normalized spacial score (nSPS) is 26.3. The largest absolute Gasteiger partial charge is 0.423 e. The Morgan fingerprint density at radius 3 is 1.54 bits per heavy atom. The molecule has 0 spiro atoms. The summed E-state index contributed by atoms with van der Waals surface area (Å²) in [5, 5.41) is 0. The first-order valence-corrected chi connectivity index (χ1v) is 7.75. The molecule has 76 valence electrons. The Labute approximate surface area is 83.6 Å². The van der Waals surface area contributed by atoms with E-state index in [1.807, 2.05) is 7.11 Å². The van der Waals surface area contributed by atoms with Gasteiger partial charge in [-0.05, 0) is 11.1 Å². The molecule has 0 N–H and O–H groups in total. The molecule has 0 atom stereocenters. The zero-order valence-corrected chi connectivity index (χ0v) is 9.95. The van der Waals surface area contributed by atoms with Gasteiger partial charge in [0, 0.05) is 7.11 Å². The second-order valence-electron chi connectivity index (χ2n) is 4.79. The molecule has 0 unspecified atom stereocenters. The van der Waals surface area contributed by atoms with Crippen LogP contribution < -0.4 is 0 Å². The van der Waals surface area contributed by atoms with Crippen LogP contribution in [0.15, 0.2) is 0 Å². The summed E-state index contributed by atoms with van der Waals surface area (Å²) in [6.07, 6.45) is 11.9. The minimum Gasteiger partial charge on any atom is -0.423 e. The molecule has 0 amide bonds. The summed E-state index contributed by atoms with van der Waals surface area (Å²) in [5.74, 6) is 0. The van der Waals surface area contributed by atoms with Gasteiger partial charge in [-0.15, -0.1) is 0 Å². The van der Waals surface area contributed by atoms with E-state index in [1.165, 1.54) is 51.4 Å². The maximum Gasteiger partial charge on any atom is 0.182 e. The number of rotatable bonds is 3. The molecule has 2 saturated carbocycles. The predicted molar refractivity (Wildman–Crippen MR) is 58.6 cm³/mol. The van der Waals surface area contributed by atoms with Gasteiger partial charge in [-0.25, -0.2) is 0 Å². The third-order valence-corrected chi connectivity index (χ3v) is 7.74. The highest BCUT2D eigenvalue weighted by atomic mass is 28.3. The van der Waals surface area contributed by atoms with Gasteiger partial charge < -0.3 is 4.43 Å². The van der Waals surface area contributed by atoms with Crippen molar-refractivity contribution in [3.05, 3.63) is 0 Å². The second kappa shape index (κ2) is 4.60. The Hall–Kier alpha value is 0.177. The molecule has 2 heteroatoms. The topological polar surface area (TPSA) is 9.23 Å². The van der Waals surface area contributed by atoms with E-state index in [2.05, 4.69) is 0 Å². The summed E-state index contributed by atoms with van der Waals surface area (Å²) in [5.41, 5.74) is 2.07. The van der Waals surface area contributed by atoms with Crippen molar-refractivity contribution in [3.8, 4) is 0 Å². The van der Waals surface area contributed by atoms with Crippen molar-refractivity contribution in [1.29, 1.82) is 0 Å². The molecular weight excluding hydrogens is 176 g/mol. The summed E-state index contributed by atoms with van der Waals surface area (Å²) >= 11 is 0. The van der Waals surface area contributed by atoms with Crippen LogP contribution in [-0.4, -0.2) is 16.2 Å². The molecule has 2 aliphatic rings. The van der Waals surface area contributed by atoms with E-state index in [4.69, 9.17) is 4.43 Å². The Bertz CT molecular complexity index is 132. The van der Waals surface area contributed by atoms with Crippen molar-refractivity contribution in [1.82, 2.24) is 0 Å². The van der Waals surface area contributed by atoms with Crippen LogP contribution in [0.2, 0.25) is 11.1 Å². The molecule has 13 heavy (non-hydrogen) atoms. The fraction of sp³-hybridized carbons (Fsp3) is 1.00. The molecule has 1 nitrogen and oxygen atoms in total. The van der Waals surface area contributed by atoms with Gasteiger partial charge in [0.15, 0.2) is 9.04 Å². The van der Waals surface area contributed by atoms with Crippen LogP contribution in [0.4, 0.5) is 0 Å². The van der Waals surface area contributed by atoms with Gasteiger partial charge in [-0.2, -0.15) is 0 Å². The Morgan fingerprint density at radius 2 is 1.23 bits per heavy atom. The van der Waals surface area contributed by atoms with E-state index >= 15 is 0 Å². The van der Waals surface area contributed by atoms with Crippen molar-refractivity contribution < 1.29 is 4.43 Å². The quantitative estimate of drug-likeness (QED) is 0.633. The zero-order chi connectivity index (χ0) is 9.10. The zero-order valence-electron chi connectivity index (χ0n) is 8.80. The lowest BCUT2D eigenvalue weighted by atomic mass is 10.3. The van der Waals surface area contributed by atoms with Gasteiger partial charge in [0.2, 0.25) is 0 Å². The average Bonchev–Trinajstić information content (AvgIpc) is 2.76. The standard InChI is InChI=1S/C11H22OSi/c1-12-13(10-6-2-3-7-10)11-8-4-5-9-11/h10-11,13H,2-9H2,1H3. The maximum atomic E-state index is 5.86. The van der Waals surface area contributed by atoms with Gasteiger partial charge in [-0.3, -0.25) is 0 Å². The van der Waals surface area contributed by atoms with E-state index in [1.54, 1.807) is 0 Å². The van der Waals surface area contributed by atoms with E-state index in [-0.39, 0.29) is 0 Å². The molecular formula is C11H22OSi. The summed E-state index contributed by atoms with van der Waals surface area (Å²) in [7, 11) is 1.16. The van der Waals surface area contributed by atoms with Crippen LogP contribution in [0, 0.1) is 0 Å². The van der Waals surface area contributed by atoms with Crippen LogP contribution in [0.1, 0.15) is 51.4 Å². The fourth-order valence-electron chi connectivity index (χ4n) is 3.34. The van der Waals surface area contributed by atoms with Gasteiger partial charge in [0.1, 0.15) is 0 Å². The first-order chi connectivity index (χ1) is 6.42.